The number of alkyl halides is 1. The van der Waals surface area contributed by atoms with Gasteiger partial charge in [0, 0.05) is 15.9 Å². The van der Waals surface area contributed by atoms with Gasteiger partial charge < -0.3 is 5.32 Å². The highest BCUT2D eigenvalue weighted by atomic mass is 79.9. The van der Waals surface area contributed by atoms with Crippen LogP contribution in [0.25, 0.3) is 0 Å². The second-order valence-electron chi connectivity index (χ2n) is 4.27. The summed E-state index contributed by atoms with van der Waals surface area (Å²) in [6.45, 7) is 2.00. The summed E-state index contributed by atoms with van der Waals surface area (Å²) in [7, 11) is 0. The zero-order valence-electron chi connectivity index (χ0n) is 10.4. The van der Waals surface area contributed by atoms with Gasteiger partial charge in [-0.05, 0) is 58.2 Å². The lowest BCUT2D eigenvalue weighted by atomic mass is 10.1. The highest BCUT2D eigenvalue weighted by molar-refractivity contribution is 9.10. The number of anilines is 1. The van der Waals surface area contributed by atoms with Crippen molar-refractivity contribution in [2.24, 2.45) is 0 Å². The topological polar surface area (TPSA) is 29.1 Å². The van der Waals surface area contributed by atoms with E-state index >= 15 is 0 Å². The maximum absolute atomic E-state index is 12.1. The summed E-state index contributed by atoms with van der Waals surface area (Å²) in [6.07, 6.45) is 0. The lowest BCUT2D eigenvalue weighted by Crippen LogP contribution is -2.12. The maximum Gasteiger partial charge on any atom is 0.255 e. The fourth-order valence-corrected chi connectivity index (χ4v) is 2.47. The molecule has 0 aliphatic heterocycles. The molecule has 19 heavy (non-hydrogen) atoms. The number of hydrogen-bond acceptors (Lipinski definition) is 1. The number of aryl methyl sites for hydroxylation is 1. The molecule has 0 saturated heterocycles. The van der Waals surface area contributed by atoms with Crippen molar-refractivity contribution in [1.82, 2.24) is 0 Å². The van der Waals surface area contributed by atoms with Gasteiger partial charge >= 0.3 is 0 Å². The zero-order chi connectivity index (χ0) is 13.8. The van der Waals surface area contributed by atoms with Crippen LogP contribution in [-0.4, -0.2) is 5.91 Å². The number of benzene rings is 2. The lowest BCUT2D eigenvalue weighted by Gasteiger charge is -2.08. The molecule has 4 heteroatoms. The molecule has 2 rings (SSSR count). The van der Waals surface area contributed by atoms with Crippen LogP contribution in [0.15, 0.2) is 46.9 Å². The van der Waals surface area contributed by atoms with Crippen molar-refractivity contribution < 1.29 is 4.79 Å². The average Bonchev–Trinajstić information content (AvgIpc) is 2.42. The van der Waals surface area contributed by atoms with Crippen LogP contribution in [0.5, 0.6) is 0 Å². The molecule has 0 aromatic heterocycles. The molecule has 0 aliphatic carbocycles. The fourth-order valence-electron chi connectivity index (χ4n) is 1.71. The smallest absolute Gasteiger partial charge is 0.255 e. The van der Waals surface area contributed by atoms with Crippen LogP contribution >= 0.6 is 27.5 Å². The molecule has 0 aliphatic rings. The Labute approximate surface area is 125 Å². The predicted molar refractivity (Wildman–Crippen MR) is 82.8 cm³/mol. The summed E-state index contributed by atoms with van der Waals surface area (Å²) in [4.78, 5) is 12.1. The minimum atomic E-state index is -0.142. The Hall–Kier alpha value is -1.32. The summed E-state index contributed by atoms with van der Waals surface area (Å²) < 4.78 is 0.870. The van der Waals surface area contributed by atoms with Crippen LogP contribution in [-0.2, 0) is 5.88 Å². The fraction of sp³-hybridized carbons (Fsp3) is 0.133. The Morgan fingerprint density at radius 3 is 2.74 bits per heavy atom. The van der Waals surface area contributed by atoms with E-state index in [-0.39, 0.29) is 5.91 Å². The number of carbonyl (C=O) groups is 1. The van der Waals surface area contributed by atoms with E-state index in [9.17, 15) is 4.79 Å². The summed E-state index contributed by atoms with van der Waals surface area (Å²) in [5.41, 5.74) is 3.42. The first kappa shape index (κ1) is 14.1. The summed E-state index contributed by atoms with van der Waals surface area (Å²) >= 11 is 9.21. The molecule has 0 atom stereocenters. The van der Waals surface area contributed by atoms with Crippen molar-refractivity contribution in [1.29, 1.82) is 0 Å². The van der Waals surface area contributed by atoms with Crippen molar-refractivity contribution in [2.75, 3.05) is 5.32 Å². The molecule has 0 unspecified atom stereocenters. The molecule has 0 bridgehead atoms. The van der Waals surface area contributed by atoms with Crippen molar-refractivity contribution in [3.8, 4) is 0 Å². The van der Waals surface area contributed by atoms with Crippen LogP contribution in [0.1, 0.15) is 21.5 Å². The Balaban J connectivity index is 2.20. The van der Waals surface area contributed by atoms with Gasteiger partial charge in [-0.1, -0.05) is 18.2 Å². The van der Waals surface area contributed by atoms with E-state index in [0.29, 0.717) is 11.4 Å². The van der Waals surface area contributed by atoms with Crippen molar-refractivity contribution in [3.63, 3.8) is 0 Å². The normalized spacial score (nSPS) is 10.3. The molecular weight excluding hydrogens is 326 g/mol. The Kier molecular flexibility index (Phi) is 4.61. The predicted octanol–water partition coefficient (Wildman–Crippen LogP) is 4.75. The first-order valence-corrected chi connectivity index (χ1v) is 7.15. The quantitative estimate of drug-likeness (QED) is 0.804. The van der Waals surface area contributed by atoms with Crippen molar-refractivity contribution in [3.05, 3.63) is 63.6 Å². The first-order chi connectivity index (χ1) is 9.10. The van der Waals surface area contributed by atoms with Gasteiger partial charge in [0.15, 0.2) is 0 Å². The van der Waals surface area contributed by atoms with Gasteiger partial charge in [0.2, 0.25) is 0 Å². The van der Waals surface area contributed by atoms with E-state index in [0.717, 1.165) is 21.3 Å². The molecule has 98 valence electrons. The van der Waals surface area contributed by atoms with Gasteiger partial charge in [-0.2, -0.15) is 0 Å². The molecule has 0 saturated carbocycles. The number of amides is 1. The molecule has 2 aromatic rings. The molecule has 2 aromatic carbocycles. The number of carbonyl (C=O) groups excluding carboxylic acids is 1. The Bertz CT molecular complexity index is 613. The highest BCUT2D eigenvalue weighted by Crippen LogP contribution is 2.24. The number of rotatable bonds is 3. The molecule has 1 N–H and O–H groups in total. The minimum Gasteiger partial charge on any atom is -0.321 e. The van der Waals surface area contributed by atoms with E-state index in [1.807, 2.05) is 37.3 Å². The maximum atomic E-state index is 12.1. The molecular formula is C15H13BrClNO. The first-order valence-electron chi connectivity index (χ1n) is 5.82. The average molecular weight is 339 g/mol. The van der Waals surface area contributed by atoms with E-state index in [2.05, 4.69) is 21.2 Å². The number of hydrogen-bond donors (Lipinski definition) is 1. The number of halogens is 2. The van der Waals surface area contributed by atoms with Crippen LogP contribution in [0.4, 0.5) is 5.69 Å². The lowest BCUT2D eigenvalue weighted by molar-refractivity contribution is 0.102. The van der Waals surface area contributed by atoms with Crippen molar-refractivity contribution >= 4 is 39.1 Å². The standard InChI is InChI=1S/C15H13BrClNO/c1-10-5-6-14(13(16)7-10)18-15(19)12-4-2-3-11(8-12)9-17/h2-8H,9H2,1H3,(H,18,19). The summed E-state index contributed by atoms with van der Waals surface area (Å²) in [6, 6.07) is 13.1. The SMILES string of the molecule is Cc1ccc(NC(=O)c2cccc(CCl)c2)c(Br)c1. The third-order valence-electron chi connectivity index (χ3n) is 2.72. The van der Waals surface area contributed by atoms with Gasteiger partial charge in [0.25, 0.3) is 5.91 Å². The number of nitrogens with one attached hydrogen (secondary N) is 1. The molecule has 1 amide bonds. The largest absolute Gasteiger partial charge is 0.321 e. The van der Waals surface area contributed by atoms with Gasteiger partial charge in [-0.15, -0.1) is 11.6 Å². The summed E-state index contributed by atoms with van der Waals surface area (Å²) in [5, 5.41) is 2.88. The molecule has 0 radical (unpaired) electrons. The van der Waals surface area contributed by atoms with Gasteiger partial charge in [-0.25, -0.2) is 0 Å². The second-order valence-corrected chi connectivity index (χ2v) is 5.39. The van der Waals surface area contributed by atoms with Crippen LogP contribution in [0.2, 0.25) is 0 Å². The van der Waals surface area contributed by atoms with Crippen molar-refractivity contribution in [2.45, 2.75) is 12.8 Å². The monoisotopic (exact) mass is 337 g/mol. The molecule has 0 spiro atoms. The van der Waals surface area contributed by atoms with Crippen LogP contribution in [0.3, 0.4) is 0 Å². The Morgan fingerprint density at radius 2 is 2.05 bits per heavy atom. The molecule has 2 nitrogen and oxygen atoms in total. The van der Waals surface area contributed by atoms with Gasteiger partial charge in [-0.3, -0.25) is 4.79 Å². The Morgan fingerprint density at radius 1 is 1.26 bits per heavy atom. The van der Waals surface area contributed by atoms with E-state index < -0.39 is 0 Å². The molecule has 0 heterocycles. The van der Waals surface area contributed by atoms with E-state index in [1.54, 1.807) is 12.1 Å². The van der Waals surface area contributed by atoms with Gasteiger partial charge in [0.05, 0.1) is 5.69 Å². The second kappa shape index (κ2) is 6.22. The third kappa shape index (κ3) is 3.58. The van der Waals surface area contributed by atoms with E-state index in [4.69, 9.17) is 11.6 Å². The minimum absolute atomic E-state index is 0.142. The van der Waals surface area contributed by atoms with Crippen LogP contribution in [0, 0.1) is 6.92 Å². The highest BCUT2D eigenvalue weighted by Gasteiger charge is 2.08. The summed E-state index contributed by atoms with van der Waals surface area (Å²) in [5.74, 6) is 0.256. The third-order valence-corrected chi connectivity index (χ3v) is 3.68. The van der Waals surface area contributed by atoms with E-state index in [1.165, 1.54) is 0 Å². The zero-order valence-corrected chi connectivity index (χ0v) is 12.8. The van der Waals surface area contributed by atoms with Gasteiger partial charge in [0.1, 0.15) is 0 Å². The van der Waals surface area contributed by atoms with Crippen LogP contribution < -0.4 is 5.32 Å². The molecule has 0 fully saturated rings.